The van der Waals surface area contributed by atoms with E-state index in [9.17, 15) is 14.0 Å². The molecule has 4 rings (SSSR count). The van der Waals surface area contributed by atoms with Crippen LogP contribution in [0.1, 0.15) is 56.9 Å². The van der Waals surface area contributed by atoms with E-state index in [0.717, 1.165) is 56.9 Å². The molecule has 3 aliphatic rings. The second kappa shape index (κ2) is 8.84. The summed E-state index contributed by atoms with van der Waals surface area (Å²) in [5, 5.41) is 0. The van der Waals surface area contributed by atoms with Gasteiger partial charge in [0, 0.05) is 37.1 Å². The van der Waals surface area contributed by atoms with Crippen LogP contribution in [-0.2, 0) is 15.1 Å². The summed E-state index contributed by atoms with van der Waals surface area (Å²) in [5.74, 6) is -0.584. The predicted octanol–water partition coefficient (Wildman–Crippen LogP) is 2.84. The first-order valence-corrected chi connectivity index (χ1v) is 11.9. The van der Waals surface area contributed by atoms with Crippen LogP contribution in [0.3, 0.4) is 0 Å². The van der Waals surface area contributed by atoms with Crippen LogP contribution in [0, 0.1) is 17.7 Å². The number of halogens is 1. The number of ketones is 1. The zero-order valence-electron chi connectivity index (χ0n) is 19.8. The molecule has 2 N–H and O–H groups in total. The molecule has 32 heavy (non-hydrogen) atoms. The molecule has 0 aromatic heterocycles. The van der Waals surface area contributed by atoms with Gasteiger partial charge in [-0.25, -0.2) is 4.39 Å². The van der Waals surface area contributed by atoms with Gasteiger partial charge in [0.1, 0.15) is 5.82 Å². The number of hydrogen-bond acceptors (Lipinski definition) is 5. The third-order valence-electron chi connectivity index (χ3n) is 8.11. The molecule has 2 aliphatic carbocycles. The number of benzene rings is 1. The molecule has 6 nitrogen and oxygen atoms in total. The summed E-state index contributed by atoms with van der Waals surface area (Å²) in [6, 6.07) is 6.95. The summed E-state index contributed by atoms with van der Waals surface area (Å²) in [6.07, 6.45) is 7.61. The number of nitrogens with one attached hydrogen (secondary N) is 2. The number of hydrogen-bond donors (Lipinski definition) is 2. The van der Waals surface area contributed by atoms with Crippen molar-refractivity contribution in [3.63, 3.8) is 0 Å². The molecule has 0 bridgehead atoms. The molecule has 176 valence electrons. The summed E-state index contributed by atoms with van der Waals surface area (Å²) in [4.78, 5) is 29.1. The number of rotatable bonds is 7. The number of hydrazine groups is 1. The zero-order chi connectivity index (χ0) is 23.1. The van der Waals surface area contributed by atoms with Crippen molar-refractivity contribution in [3.05, 3.63) is 35.6 Å². The highest BCUT2D eigenvalue weighted by atomic mass is 19.1. The molecule has 7 heteroatoms. The van der Waals surface area contributed by atoms with E-state index in [1.807, 2.05) is 6.07 Å². The molecule has 0 radical (unpaired) electrons. The molecule has 1 amide bonds. The number of carbonyl (C=O) groups is 2. The van der Waals surface area contributed by atoms with E-state index in [0.29, 0.717) is 5.92 Å². The third kappa shape index (κ3) is 4.47. The summed E-state index contributed by atoms with van der Waals surface area (Å²) in [5.41, 5.74) is 7.69. The largest absolute Gasteiger partial charge is 0.342 e. The van der Waals surface area contributed by atoms with Gasteiger partial charge >= 0.3 is 0 Å². The topological polar surface area (TPSA) is 64.7 Å². The van der Waals surface area contributed by atoms with E-state index in [4.69, 9.17) is 0 Å². The fourth-order valence-corrected chi connectivity index (χ4v) is 5.80. The van der Waals surface area contributed by atoms with Crippen LogP contribution in [0.2, 0.25) is 0 Å². The number of nitrogens with zero attached hydrogens (tertiary/aromatic N) is 2. The Bertz CT molecular complexity index is 859. The monoisotopic (exact) mass is 444 g/mol. The molecule has 1 heterocycles. The highest BCUT2D eigenvalue weighted by Gasteiger charge is 2.51. The molecule has 3 fully saturated rings. The van der Waals surface area contributed by atoms with Crippen LogP contribution in [-0.4, -0.2) is 61.3 Å². The Kier molecular flexibility index (Phi) is 6.45. The van der Waals surface area contributed by atoms with Crippen LogP contribution in [0.15, 0.2) is 24.3 Å². The maximum Gasteiger partial charge on any atom is 0.289 e. The van der Waals surface area contributed by atoms with E-state index in [-0.39, 0.29) is 34.6 Å². The van der Waals surface area contributed by atoms with Crippen LogP contribution < -0.4 is 10.9 Å². The van der Waals surface area contributed by atoms with Crippen LogP contribution in [0.4, 0.5) is 4.39 Å². The molecule has 1 aromatic rings. The lowest BCUT2D eigenvalue weighted by molar-refractivity contribution is -0.145. The van der Waals surface area contributed by atoms with E-state index in [2.05, 4.69) is 29.8 Å². The molecule has 1 unspecified atom stereocenters. The first-order valence-electron chi connectivity index (χ1n) is 11.9. The Hall–Kier alpha value is -1.83. The van der Waals surface area contributed by atoms with Gasteiger partial charge in [0.2, 0.25) is 5.78 Å². The van der Waals surface area contributed by atoms with Gasteiger partial charge in [0.25, 0.3) is 5.91 Å². The molecule has 2 atom stereocenters. The maximum absolute atomic E-state index is 14.0. The normalized spacial score (nSPS) is 31.1. The van der Waals surface area contributed by atoms with Gasteiger partial charge in [0.15, 0.2) is 0 Å². The van der Waals surface area contributed by atoms with Gasteiger partial charge in [-0.05, 0) is 76.2 Å². The summed E-state index contributed by atoms with van der Waals surface area (Å²) in [6.45, 7) is 0. The smallest absolute Gasteiger partial charge is 0.289 e. The van der Waals surface area contributed by atoms with Gasteiger partial charge in [-0.3, -0.25) is 25.3 Å². The number of amides is 1. The maximum atomic E-state index is 14.0. The minimum Gasteiger partial charge on any atom is -0.342 e. The van der Waals surface area contributed by atoms with Crippen molar-refractivity contribution in [2.75, 3.05) is 28.2 Å². The Morgan fingerprint density at radius 1 is 1.12 bits per heavy atom. The number of carbonyl (C=O) groups excluding carboxylic acids is 2. The van der Waals surface area contributed by atoms with Crippen LogP contribution >= 0.6 is 0 Å². The lowest BCUT2D eigenvalue weighted by Gasteiger charge is -2.49. The fourth-order valence-electron chi connectivity index (χ4n) is 5.80. The third-order valence-corrected chi connectivity index (χ3v) is 8.11. The highest BCUT2D eigenvalue weighted by molar-refractivity contribution is 6.36. The molecular weight excluding hydrogens is 407 g/mol. The van der Waals surface area contributed by atoms with E-state index >= 15 is 0 Å². The highest BCUT2D eigenvalue weighted by Crippen LogP contribution is 2.48. The molecular formula is C25H37FN4O2. The van der Waals surface area contributed by atoms with Crippen molar-refractivity contribution in [1.29, 1.82) is 0 Å². The van der Waals surface area contributed by atoms with Crippen molar-refractivity contribution in [3.8, 4) is 0 Å². The minimum absolute atomic E-state index is 0.0342. The quantitative estimate of drug-likeness (QED) is 0.633. The average molecular weight is 445 g/mol. The Labute approximate surface area is 190 Å². The number of Topliss-reactive ketones (excluding diaryl/α,β-unsaturated/α-hetero) is 1. The molecule has 1 spiro atoms. The van der Waals surface area contributed by atoms with Crippen molar-refractivity contribution < 1.29 is 14.0 Å². The van der Waals surface area contributed by atoms with Gasteiger partial charge in [-0.1, -0.05) is 25.0 Å². The second-order valence-electron chi connectivity index (χ2n) is 10.6. The standard InChI is InChI=1S/C25H37FN4O2/c1-29(2)23(32)22(31)20(14-17-8-9-17)21-16-24(28-27-21)10-12-25(13-11-24,30(3)4)18-6-5-7-19(26)15-18/h5-7,15,17,20-21,27-28H,8-14,16H2,1-4H3/t20?,21-,24?,25?/m0/s1. The summed E-state index contributed by atoms with van der Waals surface area (Å²) >= 11 is 0. The van der Waals surface area contributed by atoms with Gasteiger partial charge in [-0.15, -0.1) is 0 Å². The SMILES string of the molecule is CN(C)C(=O)C(=O)C(CC1CC1)[C@@H]1CC2(CCC(c3cccc(F)c3)(N(C)C)CC2)NN1. The van der Waals surface area contributed by atoms with Crippen LogP contribution in [0.25, 0.3) is 0 Å². The first kappa shape index (κ1) is 23.3. The Morgan fingerprint density at radius 3 is 2.38 bits per heavy atom. The minimum atomic E-state index is -0.403. The van der Waals surface area contributed by atoms with Gasteiger partial charge in [-0.2, -0.15) is 0 Å². The van der Waals surface area contributed by atoms with Gasteiger partial charge in [0.05, 0.1) is 0 Å². The van der Waals surface area contributed by atoms with E-state index in [1.165, 1.54) is 11.0 Å². The fraction of sp³-hybridized carbons (Fsp3) is 0.680. The van der Waals surface area contributed by atoms with Crippen LogP contribution in [0.5, 0.6) is 0 Å². The molecule has 2 saturated carbocycles. The van der Waals surface area contributed by atoms with Crippen molar-refractivity contribution in [1.82, 2.24) is 20.7 Å². The second-order valence-corrected chi connectivity index (χ2v) is 10.6. The van der Waals surface area contributed by atoms with E-state index in [1.54, 1.807) is 26.2 Å². The Morgan fingerprint density at radius 2 is 1.81 bits per heavy atom. The lowest BCUT2D eigenvalue weighted by Crippen LogP contribution is -2.53. The van der Waals surface area contributed by atoms with Crippen molar-refractivity contribution in [2.45, 2.75) is 68.5 Å². The van der Waals surface area contributed by atoms with Crippen molar-refractivity contribution >= 4 is 11.7 Å². The van der Waals surface area contributed by atoms with E-state index < -0.39 is 5.91 Å². The van der Waals surface area contributed by atoms with Crippen molar-refractivity contribution in [2.24, 2.45) is 11.8 Å². The molecule has 1 aliphatic heterocycles. The average Bonchev–Trinajstić information content (AvgIpc) is 3.50. The first-order chi connectivity index (χ1) is 15.2. The Balaban J connectivity index is 1.48. The van der Waals surface area contributed by atoms with Gasteiger partial charge < -0.3 is 4.90 Å². The summed E-state index contributed by atoms with van der Waals surface area (Å²) < 4.78 is 14.0. The number of likely N-dealkylation sites (N-methyl/N-ethyl adjacent to an activating group) is 1. The predicted molar refractivity (Wildman–Crippen MR) is 122 cm³/mol. The molecule has 1 aromatic carbocycles. The lowest BCUT2D eigenvalue weighted by atomic mass is 9.67. The zero-order valence-corrected chi connectivity index (χ0v) is 19.8. The molecule has 1 saturated heterocycles. The summed E-state index contributed by atoms with van der Waals surface area (Å²) in [7, 11) is 7.43.